The first-order valence-electron chi connectivity index (χ1n) is 11.1. The minimum Gasteiger partial charge on any atom is -0.495 e. The Bertz CT molecular complexity index is 1440. The van der Waals surface area contributed by atoms with Crippen LogP contribution in [0.2, 0.25) is 5.02 Å². The minimum atomic E-state index is -0.865. The summed E-state index contributed by atoms with van der Waals surface area (Å²) in [5.41, 5.74) is 1.51. The molecule has 10 heteroatoms. The van der Waals surface area contributed by atoms with Crippen LogP contribution in [-0.4, -0.2) is 37.5 Å². The van der Waals surface area contributed by atoms with Gasteiger partial charge in [-0.25, -0.2) is 9.69 Å². The predicted octanol–water partition coefficient (Wildman–Crippen LogP) is 4.34. The SMILES string of the molecule is COc1ccccc1NC(=O)COc1cccc(/C=C2/C(=O)NC(=O)N(c3cccc(Cl)c3C)C2=O)c1. The standard InChI is InChI=1S/C27H22ClN3O6/c1-16-20(28)9-6-11-22(16)31-26(34)19(25(33)30-27(31)35)14-17-7-5-8-18(13-17)37-15-24(32)29-21-10-3-4-12-23(21)36-2/h3-14H,15H2,1-2H3,(H,29,32)(H,30,33,35)/b19-14-. The third-order valence-electron chi connectivity index (χ3n) is 5.50. The molecule has 0 unspecified atom stereocenters. The maximum Gasteiger partial charge on any atom is 0.335 e. The van der Waals surface area contributed by atoms with Gasteiger partial charge in [-0.2, -0.15) is 0 Å². The number of urea groups is 1. The van der Waals surface area contributed by atoms with Crippen molar-refractivity contribution in [3.8, 4) is 11.5 Å². The summed E-state index contributed by atoms with van der Waals surface area (Å²) in [6.45, 7) is 1.39. The van der Waals surface area contributed by atoms with Gasteiger partial charge in [-0.05, 0) is 60.5 Å². The quantitative estimate of drug-likeness (QED) is 0.354. The molecule has 0 bridgehead atoms. The first kappa shape index (κ1) is 25.5. The molecule has 0 aromatic heterocycles. The van der Waals surface area contributed by atoms with Crippen molar-refractivity contribution < 1.29 is 28.7 Å². The number of anilines is 2. The Hall–Kier alpha value is -4.63. The van der Waals surface area contributed by atoms with E-state index in [0.29, 0.717) is 33.3 Å². The lowest BCUT2D eigenvalue weighted by Crippen LogP contribution is -2.54. The number of nitrogens with one attached hydrogen (secondary N) is 2. The zero-order chi connectivity index (χ0) is 26.5. The molecule has 0 spiro atoms. The molecule has 0 atom stereocenters. The number of rotatable bonds is 7. The van der Waals surface area contributed by atoms with Gasteiger partial charge in [0.2, 0.25) is 0 Å². The van der Waals surface area contributed by atoms with Crippen LogP contribution in [0.4, 0.5) is 16.2 Å². The Labute approximate surface area is 217 Å². The molecular formula is C27H22ClN3O6. The average Bonchev–Trinajstić information content (AvgIpc) is 2.88. The van der Waals surface area contributed by atoms with Crippen LogP contribution in [0.15, 0.2) is 72.3 Å². The van der Waals surface area contributed by atoms with Crippen LogP contribution >= 0.6 is 11.6 Å². The molecule has 9 nitrogen and oxygen atoms in total. The highest BCUT2D eigenvalue weighted by Crippen LogP contribution is 2.30. The van der Waals surface area contributed by atoms with Crippen LogP contribution in [0, 0.1) is 6.92 Å². The van der Waals surface area contributed by atoms with E-state index in [-0.39, 0.29) is 17.9 Å². The molecule has 1 aliphatic heterocycles. The fraction of sp³-hybridized carbons (Fsp3) is 0.111. The average molecular weight is 520 g/mol. The summed E-state index contributed by atoms with van der Waals surface area (Å²) in [6, 6.07) is 17.4. The van der Waals surface area contributed by atoms with E-state index in [0.717, 1.165) is 4.90 Å². The van der Waals surface area contributed by atoms with Crippen LogP contribution in [-0.2, 0) is 14.4 Å². The molecule has 37 heavy (non-hydrogen) atoms. The summed E-state index contributed by atoms with van der Waals surface area (Å²) < 4.78 is 10.8. The van der Waals surface area contributed by atoms with E-state index in [9.17, 15) is 19.2 Å². The van der Waals surface area contributed by atoms with E-state index in [1.165, 1.54) is 13.2 Å². The van der Waals surface area contributed by atoms with Crippen LogP contribution in [0.1, 0.15) is 11.1 Å². The normalized spacial score (nSPS) is 14.4. The second-order valence-corrected chi connectivity index (χ2v) is 8.36. The van der Waals surface area contributed by atoms with Gasteiger partial charge >= 0.3 is 6.03 Å². The van der Waals surface area contributed by atoms with Gasteiger partial charge in [-0.1, -0.05) is 41.9 Å². The van der Waals surface area contributed by atoms with Gasteiger partial charge in [-0.15, -0.1) is 0 Å². The summed E-state index contributed by atoms with van der Waals surface area (Å²) in [5.74, 6) is -1.16. The number of hydrogen-bond acceptors (Lipinski definition) is 6. The van der Waals surface area contributed by atoms with Crippen molar-refractivity contribution in [2.45, 2.75) is 6.92 Å². The molecule has 4 rings (SSSR count). The van der Waals surface area contributed by atoms with Crippen molar-refractivity contribution in [3.63, 3.8) is 0 Å². The van der Waals surface area contributed by atoms with Gasteiger partial charge in [-0.3, -0.25) is 19.7 Å². The second-order valence-electron chi connectivity index (χ2n) is 7.95. The minimum absolute atomic E-state index is 0.245. The number of ether oxygens (including phenoxy) is 2. The van der Waals surface area contributed by atoms with E-state index in [1.54, 1.807) is 73.7 Å². The smallest absolute Gasteiger partial charge is 0.335 e. The van der Waals surface area contributed by atoms with Gasteiger partial charge in [0.1, 0.15) is 17.1 Å². The van der Waals surface area contributed by atoms with Gasteiger partial charge in [0, 0.05) is 5.02 Å². The van der Waals surface area contributed by atoms with Crippen molar-refractivity contribution in [1.82, 2.24) is 5.32 Å². The second kappa shape index (κ2) is 11.0. The summed E-state index contributed by atoms with van der Waals surface area (Å²) in [7, 11) is 1.50. The molecule has 5 amide bonds. The molecule has 0 radical (unpaired) electrons. The number of barbiturate groups is 1. The maximum atomic E-state index is 13.2. The largest absolute Gasteiger partial charge is 0.495 e. The van der Waals surface area contributed by atoms with Crippen LogP contribution < -0.4 is 25.0 Å². The number of para-hydroxylation sites is 2. The van der Waals surface area contributed by atoms with E-state index in [2.05, 4.69) is 10.6 Å². The molecule has 188 valence electrons. The van der Waals surface area contributed by atoms with Crippen molar-refractivity contribution in [3.05, 3.63) is 88.5 Å². The highest BCUT2D eigenvalue weighted by molar-refractivity contribution is 6.40. The van der Waals surface area contributed by atoms with Crippen molar-refractivity contribution in [2.75, 3.05) is 23.9 Å². The summed E-state index contributed by atoms with van der Waals surface area (Å²) >= 11 is 6.15. The topological polar surface area (TPSA) is 114 Å². The maximum absolute atomic E-state index is 13.2. The van der Waals surface area contributed by atoms with Crippen LogP contribution in [0.25, 0.3) is 6.08 Å². The first-order valence-corrected chi connectivity index (χ1v) is 11.5. The Morgan fingerprint density at radius 1 is 1.05 bits per heavy atom. The van der Waals surface area contributed by atoms with Gasteiger partial charge < -0.3 is 14.8 Å². The van der Waals surface area contributed by atoms with Crippen molar-refractivity contribution >= 4 is 52.8 Å². The van der Waals surface area contributed by atoms with Gasteiger partial charge in [0.15, 0.2) is 6.61 Å². The van der Waals surface area contributed by atoms with Crippen LogP contribution in [0.5, 0.6) is 11.5 Å². The Morgan fingerprint density at radius 2 is 1.81 bits per heavy atom. The number of amides is 5. The lowest BCUT2D eigenvalue weighted by Gasteiger charge is -2.27. The fourth-order valence-corrected chi connectivity index (χ4v) is 3.83. The lowest BCUT2D eigenvalue weighted by molar-refractivity contribution is -0.122. The molecule has 1 saturated heterocycles. The Kier molecular flexibility index (Phi) is 7.55. The highest BCUT2D eigenvalue weighted by Gasteiger charge is 2.37. The predicted molar refractivity (Wildman–Crippen MR) is 139 cm³/mol. The number of hydrogen-bond donors (Lipinski definition) is 2. The van der Waals surface area contributed by atoms with Crippen molar-refractivity contribution in [2.24, 2.45) is 0 Å². The monoisotopic (exact) mass is 519 g/mol. The zero-order valence-electron chi connectivity index (χ0n) is 19.9. The van der Waals surface area contributed by atoms with Gasteiger partial charge in [0.25, 0.3) is 17.7 Å². The number of methoxy groups -OCH3 is 1. The number of imide groups is 2. The molecule has 1 aliphatic rings. The number of halogens is 1. The molecule has 3 aromatic carbocycles. The zero-order valence-corrected chi connectivity index (χ0v) is 20.7. The summed E-state index contributed by atoms with van der Waals surface area (Å²) in [4.78, 5) is 51.4. The van der Waals surface area contributed by atoms with Crippen LogP contribution in [0.3, 0.4) is 0 Å². The van der Waals surface area contributed by atoms with E-state index >= 15 is 0 Å². The lowest BCUT2D eigenvalue weighted by atomic mass is 10.1. The van der Waals surface area contributed by atoms with E-state index in [1.807, 2.05) is 0 Å². The number of benzene rings is 3. The number of nitrogens with zero attached hydrogens (tertiary/aromatic N) is 1. The number of carbonyl (C=O) groups is 4. The third kappa shape index (κ3) is 5.62. The third-order valence-corrected chi connectivity index (χ3v) is 5.91. The Balaban J connectivity index is 1.51. The molecular weight excluding hydrogens is 498 g/mol. The molecule has 1 heterocycles. The fourth-order valence-electron chi connectivity index (χ4n) is 3.66. The molecule has 2 N–H and O–H groups in total. The Morgan fingerprint density at radius 3 is 2.59 bits per heavy atom. The highest BCUT2D eigenvalue weighted by atomic mass is 35.5. The summed E-state index contributed by atoms with van der Waals surface area (Å²) in [6.07, 6.45) is 1.35. The molecule has 3 aromatic rings. The van der Waals surface area contributed by atoms with Crippen molar-refractivity contribution in [1.29, 1.82) is 0 Å². The van der Waals surface area contributed by atoms with Gasteiger partial charge in [0.05, 0.1) is 18.5 Å². The number of carbonyl (C=O) groups excluding carboxylic acids is 4. The summed E-state index contributed by atoms with van der Waals surface area (Å²) in [5, 5.41) is 5.27. The van der Waals surface area contributed by atoms with E-state index < -0.39 is 23.8 Å². The molecule has 1 fully saturated rings. The molecule has 0 saturated carbocycles. The first-order chi connectivity index (χ1) is 17.8. The molecule has 0 aliphatic carbocycles. The van der Waals surface area contributed by atoms with E-state index in [4.69, 9.17) is 21.1 Å².